The maximum atomic E-state index is 12.0. The molecule has 1 aromatic rings. The van der Waals surface area contributed by atoms with Crippen LogP contribution in [-0.2, 0) is 11.2 Å². The third-order valence-corrected chi connectivity index (χ3v) is 3.49. The molecule has 0 saturated carbocycles. The molecule has 1 aromatic carbocycles. The second kappa shape index (κ2) is 8.29. The summed E-state index contributed by atoms with van der Waals surface area (Å²) in [4.78, 5) is 24.1. The van der Waals surface area contributed by atoms with Gasteiger partial charge >= 0.3 is 12.0 Å². The van der Waals surface area contributed by atoms with Gasteiger partial charge in [0.25, 0.3) is 0 Å². The van der Waals surface area contributed by atoms with Gasteiger partial charge < -0.3 is 10.4 Å². The summed E-state index contributed by atoms with van der Waals surface area (Å²) in [6.45, 7) is 4.49. The molecular weight excluding hydrogens is 268 g/mol. The van der Waals surface area contributed by atoms with E-state index in [1.807, 2.05) is 31.2 Å². The number of urea groups is 1. The Hall–Kier alpha value is -2.04. The number of benzene rings is 1. The van der Waals surface area contributed by atoms with Crippen LogP contribution in [0.25, 0.3) is 0 Å². The van der Waals surface area contributed by atoms with Gasteiger partial charge in [-0.2, -0.15) is 0 Å². The molecule has 5 nitrogen and oxygen atoms in total. The molecule has 5 heteroatoms. The molecule has 0 saturated heterocycles. The number of carbonyl (C=O) groups is 2. The molecule has 0 fully saturated rings. The number of carboxylic acids is 1. The Balaban J connectivity index is 2.44. The van der Waals surface area contributed by atoms with Crippen molar-refractivity contribution in [1.29, 1.82) is 0 Å². The molecule has 2 N–H and O–H groups in total. The number of carboxylic acid groups (broad SMARTS) is 1. The molecule has 1 rings (SSSR count). The summed E-state index contributed by atoms with van der Waals surface area (Å²) >= 11 is 0. The van der Waals surface area contributed by atoms with Gasteiger partial charge in [0.2, 0.25) is 0 Å². The topological polar surface area (TPSA) is 69.6 Å². The monoisotopic (exact) mass is 292 g/mol. The number of nitrogens with one attached hydrogen (secondary N) is 1. The van der Waals surface area contributed by atoms with Gasteiger partial charge in [-0.15, -0.1) is 0 Å². The van der Waals surface area contributed by atoms with E-state index in [0.29, 0.717) is 13.0 Å². The lowest BCUT2D eigenvalue weighted by molar-refractivity contribution is -0.137. The highest BCUT2D eigenvalue weighted by Crippen LogP contribution is 2.14. The Labute approximate surface area is 126 Å². The Bertz CT molecular complexity index is 471. The number of aryl methyl sites for hydroxylation is 1. The van der Waals surface area contributed by atoms with Crippen molar-refractivity contribution in [3.8, 4) is 0 Å². The lowest BCUT2D eigenvalue weighted by Gasteiger charge is -2.20. The van der Waals surface area contributed by atoms with Crippen LogP contribution in [0.3, 0.4) is 0 Å². The number of amides is 2. The van der Waals surface area contributed by atoms with Crippen LogP contribution in [0.2, 0.25) is 0 Å². The van der Waals surface area contributed by atoms with Gasteiger partial charge in [0.1, 0.15) is 0 Å². The van der Waals surface area contributed by atoms with Crippen LogP contribution in [0.4, 0.5) is 10.5 Å². The lowest BCUT2D eigenvalue weighted by Crippen LogP contribution is -2.39. The van der Waals surface area contributed by atoms with Crippen molar-refractivity contribution >= 4 is 17.7 Å². The summed E-state index contributed by atoms with van der Waals surface area (Å²) in [5.74, 6) is -0.665. The smallest absolute Gasteiger partial charge is 0.321 e. The Morgan fingerprint density at radius 1 is 1.29 bits per heavy atom. The van der Waals surface area contributed by atoms with E-state index in [9.17, 15) is 9.59 Å². The Morgan fingerprint density at radius 2 is 1.90 bits per heavy atom. The van der Waals surface area contributed by atoms with E-state index in [2.05, 4.69) is 12.2 Å². The molecule has 0 spiro atoms. The summed E-state index contributed by atoms with van der Waals surface area (Å²) in [5, 5.41) is 11.5. The zero-order valence-electron chi connectivity index (χ0n) is 12.9. The first-order valence-electron chi connectivity index (χ1n) is 7.26. The Morgan fingerprint density at radius 3 is 2.43 bits per heavy atom. The minimum atomic E-state index is -0.804. The number of carbonyl (C=O) groups excluding carboxylic acids is 1. The number of rotatable bonds is 7. The predicted octanol–water partition coefficient (Wildman–Crippen LogP) is 2.90. The fourth-order valence-corrected chi connectivity index (χ4v) is 1.92. The van der Waals surface area contributed by atoms with Crippen molar-refractivity contribution in [2.24, 2.45) is 5.92 Å². The third-order valence-electron chi connectivity index (χ3n) is 3.49. The number of nitrogens with zero attached hydrogens (tertiary/aromatic N) is 1. The molecule has 0 heterocycles. The molecule has 0 aliphatic carbocycles. The molecule has 21 heavy (non-hydrogen) atoms. The minimum Gasteiger partial charge on any atom is -0.481 e. The van der Waals surface area contributed by atoms with Crippen LogP contribution in [0.15, 0.2) is 24.3 Å². The van der Waals surface area contributed by atoms with E-state index in [0.717, 1.165) is 12.1 Å². The van der Waals surface area contributed by atoms with Gasteiger partial charge in [-0.3, -0.25) is 9.69 Å². The van der Waals surface area contributed by atoms with Gasteiger partial charge in [-0.25, -0.2) is 4.79 Å². The molecule has 0 aliphatic rings. The molecule has 1 atom stereocenters. The third kappa shape index (κ3) is 5.85. The number of anilines is 1. The molecule has 0 radical (unpaired) electrons. The van der Waals surface area contributed by atoms with Gasteiger partial charge in [0, 0.05) is 25.7 Å². The van der Waals surface area contributed by atoms with Crippen molar-refractivity contribution in [3.05, 3.63) is 29.8 Å². The van der Waals surface area contributed by atoms with Crippen LogP contribution < -0.4 is 10.2 Å². The molecular formula is C16H24N2O3. The second-order valence-corrected chi connectivity index (χ2v) is 5.30. The average Bonchev–Trinajstić information content (AvgIpc) is 2.49. The zero-order chi connectivity index (χ0) is 15.8. The summed E-state index contributed by atoms with van der Waals surface area (Å²) < 4.78 is 0. The summed E-state index contributed by atoms with van der Waals surface area (Å²) in [6, 6.07) is 7.68. The Kier molecular flexibility index (Phi) is 6.72. The average molecular weight is 292 g/mol. The van der Waals surface area contributed by atoms with Gasteiger partial charge in [0.15, 0.2) is 0 Å². The van der Waals surface area contributed by atoms with Crippen LogP contribution in [0.5, 0.6) is 0 Å². The van der Waals surface area contributed by atoms with Crippen LogP contribution in [0, 0.1) is 5.92 Å². The quantitative estimate of drug-likeness (QED) is 0.812. The second-order valence-electron chi connectivity index (χ2n) is 5.30. The van der Waals surface area contributed by atoms with E-state index in [1.165, 1.54) is 5.56 Å². The number of aliphatic carboxylic acids is 1. The van der Waals surface area contributed by atoms with Crippen LogP contribution in [0.1, 0.15) is 32.3 Å². The minimum absolute atomic E-state index is 0.130. The lowest BCUT2D eigenvalue weighted by atomic mass is 10.1. The highest BCUT2D eigenvalue weighted by atomic mass is 16.4. The summed E-state index contributed by atoms with van der Waals surface area (Å²) in [7, 11) is 1.72. The molecule has 0 aliphatic heterocycles. The standard InChI is InChI=1S/C16H24N2O3/c1-4-13-6-8-14(9-7-13)18(3)16(21)17-11-12(2)5-10-15(19)20/h6-9,12H,4-5,10-11H2,1-3H3,(H,17,21)(H,19,20). The molecule has 0 aromatic heterocycles. The first-order valence-corrected chi connectivity index (χ1v) is 7.26. The first kappa shape index (κ1) is 17.0. The fraction of sp³-hybridized carbons (Fsp3) is 0.500. The fourth-order valence-electron chi connectivity index (χ4n) is 1.92. The van der Waals surface area contributed by atoms with E-state index in [-0.39, 0.29) is 18.4 Å². The maximum Gasteiger partial charge on any atom is 0.321 e. The number of hydrogen-bond acceptors (Lipinski definition) is 2. The largest absolute Gasteiger partial charge is 0.481 e. The van der Waals surface area contributed by atoms with Crippen molar-refractivity contribution in [3.63, 3.8) is 0 Å². The molecule has 1 unspecified atom stereocenters. The van der Waals surface area contributed by atoms with Gasteiger partial charge in [-0.1, -0.05) is 26.0 Å². The van der Waals surface area contributed by atoms with Crippen molar-refractivity contribution in [1.82, 2.24) is 5.32 Å². The number of hydrogen-bond donors (Lipinski definition) is 2. The van der Waals surface area contributed by atoms with Crippen LogP contribution in [-0.4, -0.2) is 30.7 Å². The normalized spacial score (nSPS) is 11.8. The first-order chi connectivity index (χ1) is 9.93. The van der Waals surface area contributed by atoms with Crippen LogP contribution >= 0.6 is 0 Å². The van der Waals surface area contributed by atoms with E-state index >= 15 is 0 Å². The highest BCUT2D eigenvalue weighted by molar-refractivity contribution is 5.91. The van der Waals surface area contributed by atoms with Crippen molar-refractivity contribution in [2.75, 3.05) is 18.5 Å². The van der Waals surface area contributed by atoms with Crippen molar-refractivity contribution < 1.29 is 14.7 Å². The molecule has 0 bridgehead atoms. The zero-order valence-corrected chi connectivity index (χ0v) is 12.9. The molecule has 2 amide bonds. The summed E-state index contributed by atoms with van der Waals surface area (Å²) in [6.07, 6.45) is 1.66. The van der Waals surface area contributed by atoms with E-state index < -0.39 is 5.97 Å². The van der Waals surface area contributed by atoms with Gasteiger partial charge in [0.05, 0.1) is 0 Å². The van der Waals surface area contributed by atoms with Gasteiger partial charge in [-0.05, 0) is 36.5 Å². The maximum absolute atomic E-state index is 12.0. The SMILES string of the molecule is CCc1ccc(N(C)C(=O)NCC(C)CCC(=O)O)cc1. The highest BCUT2D eigenvalue weighted by Gasteiger charge is 2.12. The van der Waals surface area contributed by atoms with E-state index in [1.54, 1.807) is 11.9 Å². The van der Waals surface area contributed by atoms with E-state index in [4.69, 9.17) is 5.11 Å². The molecule has 116 valence electrons. The van der Waals surface area contributed by atoms with Crippen molar-refractivity contribution in [2.45, 2.75) is 33.1 Å². The summed E-state index contributed by atoms with van der Waals surface area (Å²) in [5.41, 5.74) is 2.07. The predicted molar refractivity (Wildman–Crippen MR) is 83.7 cm³/mol.